The summed E-state index contributed by atoms with van der Waals surface area (Å²) < 4.78 is 5.18. The number of fused-ring (bicyclic) bond motifs is 1. The van der Waals surface area contributed by atoms with Crippen LogP contribution in [0.4, 0.5) is 0 Å². The highest BCUT2D eigenvalue weighted by Crippen LogP contribution is 2.27. The van der Waals surface area contributed by atoms with E-state index < -0.39 is 5.63 Å². The molecule has 0 amide bonds. The third kappa shape index (κ3) is 2.21. The normalized spacial score (nSPS) is 10.7. The van der Waals surface area contributed by atoms with E-state index in [0.717, 1.165) is 5.56 Å². The highest BCUT2D eigenvalue weighted by Gasteiger charge is 2.18. The maximum Gasteiger partial charge on any atom is 0.349 e. The molecule has 21 heavy (non-hydrogen) atoms. The summed E-state index contributed by atoms with van der Waals surface area (Å²) >= 11 is 0. The van der Waals surface area contributed by atoms with Crippen LogP contribution in [-0.4, -0.2) is 10.8 Å². The van der Waals surface area contributed by atoms with Crippen molar-refractivity contribution in [1.29, 1.82) is 5.41 Å². The van der Waals surface area contributed by atoms with E-state index in [0.29, 0.717) is 16.5 Å². The van der Waals surface area contributed by atoms with Crippen molar-refractivity contribution in [2.75, 3.05) is 0 Å². The summed E-state index contributed by atoms with van der Waals surface area (Å²) in [5, 5.41) is 18.9. The van der Waals surface area contributed by atoms with Gasteiger partial charge in [0.25, 0.3) is 0 Å². The molecule has 3 rings (SSSR count). The third-order valence-corrected chi connectivity index (χ3v) is 3.38. The maximum absolute atomic E-state index is 12.1. The first kappa shape index (κ1) is 13.1. The van der Waals surface area contributed by atoms with Gasteiger partial charge in [0.1, 0.15) is 16.9 Å². The summed E-state index contributed by atoms with van der Waals surface area (Å²) in [5.41, 5.74) is 1.04. The molecule has 4 nitrogen and oxygen atoms in total. The summed E-state index contributed by atoms with van der Waals surface area (Å²) in [7, 11) is 0. The summed E-state index contributed by atoms with van der Waals surface area (Å²) in [5.74, 6) is -0.215. The highest BCUT2D eigenvalue weighted by molar-refractivity contribution is 6.14. The van der Waals surface area contributed by atoms with E-state index in [1.54, 1.807) is 36.4 Å². The Kier molecular flexibility index (Phi) is 3.06. The van der Waals surface area contributed by atoms with Crippen molar-refractivity contribution < 1.29 is 9.52 Å². The van der Waals surface area contributed by atoms with Gasteiger partial charge in [-0.3, -0.25) is 5.41 Å². The summed E-state index contributed by atoms with van der Waals surface area (Å²) in [6, 6.07) is 13.9. The molecule has 1 heterocycles. The highest BCUT2D eigenvalue weighted by atomic mass is 16.4. The van der Waals surface area contributed by atoms with Gasteiger partial charge in [-0.05, 0) is 19.1 Å². The van der Waals surface area contributed by atoms with Crippen LogP contribution in [0.3, 0.4) is 0 Å². The van der Waals surface area contributed by atoms with Crippen LogP contribution in [0.1, 0.15) is 16.7 Å². The molecule has 0 aliphatic heterocycles. The summed E-state index contributed by atoms with van der Waals surface area (Å²) in [6.07, 6.45) is 0. The zero-order chi connectivity index (χ0) is 15.0. The zero-order valence-electron chi connectivity index (χ0n) is 11.4. The van der Waals surface area contributed by atoms with E-state index >= 15 is 0 Å². The van der Waals surface area contributed by atoms with E-state index in [4.69, 9.17) is 9.83 Å². The number of hydrogen-bond acceptors (Lipinski definition) is 4. The zero-order valence-corrected chi connectivity index (χ0v) is 11.4. The Morgan fingerprint density at radius 3 is 2.48 bits per heavy atom. The van der Waals surface area contributed by atoms with E-state index in [1.807, 2.05) is 19.1 Å². The summed E-state index contributed by atoms with van der Waals surface area (Å²) in [4.78, 5) is 12.1. The third-order valence-electron chi connectivity index (χ3n) is 3.38. The molecular formula is C17H13NO3. The van der Waals surface area contributed by atoms with Crippen LogP contribution in [0.2, 0.25) is 0 Å². The van der Waals surface area contributed by atoms with E-state index in [2.05, 4.69) is 0 Å². The van der Waals surface area contributed by atoms with Crippen molar-refractivity contribution >= 4 is 16.7 Å². The molecule has 2 N–H and O–H groups in total. The molecule has 0 saturated carbocycles. The van der Waals surface area contributed by atoms with Crippen LogP contribution < -0.4 is 5.63 Å². The number of para-hydroxylation sites is 1. The lowest BCUT2D eigenvalue weighted by atomic mass is 10.0. The predicted molar refractivity (Wildman–Crippen MR) is 81.3 cm³/mol. The second kappa shape index (κ2) is 4.90. The topological polar surface area (TPSA) is 74.3 Å². The van der Waals surface area contributed by atoms with Crippen molar-refractivity contribution in [2.24, 2.45) is 0 Å². The Balaban J connectivity index is 2.22. The standard InChI is InChI=1S/C17H13NO3/c1-10-6-8-11(9-7-10)15(18)14-16(19)12-4-2-3-5-13(12)21-17(14)20/h2-9,18-19H,1H3. The Hall–Kier alpha value is -2.88. The van der Waals surface area contributed by atoms with E-state index in [-0.39, 0.29) is 17.0 Å². The van der Waals surface area contributed by atoms with Gasteiger partial charge in [0.15, 0.2) is 0 Å². The Labute approximate surface area is 120 Å². The van der Waals surface area contributed by atoms with Gasteiger partial charge in [-0.2, -0.15) is 0 Å². The van der Waals surface area contributed by atoms with Gasteiger partial charge in [-0.15, -0.1) is 0 Å². The largest absolute Gasteiger partial charge is 0.506 e. The van der Waals surface area contributed by atoms with Gasteiger partial charge in [-0.25, -0.2) is 4.79 Å². The molecule has 2 aromatic carbocycles. The SMILES string of the molecule is Cc1ccc(C(=N)c2c(O)c3ccccc3oc2=O)cc1. The second-order valence-electron chi connectivity index (χ2n) is 4.85. The lowest BCUT2D eigenvalue weighted by Gasteiger charge is -2.08. The molecule has 3 aromatic rings. The molecule has 0 aliphatic carbocycles. The van der Waals surface area contributed by atoms with E-state index in [9.17, 15) is 9.90 Å². The molecule has 104 valence electrons. The average molecular weight is 279 g/mol. The smallest absolute Gasteiger partial charge is 0.349 e. The van der Waals surface area contributed by atoms with Gasteiger partial charge in [0.05, 0.1) is 11.1 Å². The fourth-order valence-corrected chi connectivity index (χ4v) is 2.22. The van der Waals surface area contributed by atoms with Crippen LogP contribution in [0, 0.1) is 12.3 Å². The van der Waals surface area contributed by atoms with Crippen molar-refractivity contribution in [1.82, 2.24) is 0 Å². The van der Waals surface area contributed by atoms with Gasteiger partial charge < -0.3 is 9.52 Å². The van der Waals surface area contributed by atoms with Crippen LogP contribution in [0.5, 0.6) is 5.75 Å². The molecule has 0 fully saturated rings. The lowest BCUT2D eigenvalue weighted by molar-refractivity contribution is 0.466. The molecule has 0 bridgehead atoms. The van der Waals surface area contributed by atoms with Crippen molar-refractivity contribution in [3.8, 4) is 5.75 Å². The first-order valence-corrected chi connectivity index (χ1v) is 6.48. The first-order valence-electron chi connectivity index (χ1n) is 6.48. The molecule has 0 unspecified atom stereocenters. The molecule has 0 saturated heterocycles. The molecular weight excluding hydrogens is 266 g/mol. The minimum atomic E-state index is -0.711. The predicted octanol–water partition coefficient (Wildman–Crippen LogP) is 3.22. The Bertz CT molecular complexity index is 892. The van der Waals surface area contributed by atoms with Crippen molar-refractivity contribution in [2.45, 2.75) is 6.92 Å². The van der Waals surface area contributed by atoms with Crippen molar-refractivity contribution in [3.05, 3.63) is 75.6 Å². The van der Waals surface area contributed by atoms with Gasteiger partial charge in [-0.1, -0.05) is 42.0 Å². The molecule has 1 aromatic heterocycles. The molecule has 0 radical (unpaired) electrons. The van der Waals surface area contributed by atoms with Gasteiger partial charge in [0.2, 0.25) is 0 Å². The molecule has 0 aliphatic rings. The van der Waals surface area contributed by atoms with Gasteiger partial charge >= 0.3 is 5.63 Å². The molecule has 0 atom stereocenters. The van der Waals surface area contributed by atoms with Crippen LogP contribution in [0.15, 0.2) is 57.7 Å². The molecule has 0 spiro atoms. The second-order valence-corrected chi connectivity index (χ2v) is 4.85. The number of aromatic hydroxyl groups is 1. The number of aryl methyl sites for hydroxylation is 1. The maximum atomic E-state index is 12.1. The lowest BCUT2D eigenvalue weighted by Crippen LogP contribution is -2.15. The molecule has 4 heteroatoms. The fraction of sp³-hybridized carbons (Fsp3) is 0.0588. The number of benzene rings is 2. The van der Waals surface area contributed by atoms with E-state index in [1.165, 1.54) is 0 Å². The number of nitrogens with one attached hydrogen (secondary N) is 1. The first-order chi connectivity index (χ1) is 10.1. The summed E-state index contributed by atoms with van der Waals surface area (Å²) in [6.45, 7) is 1.94. The monoisotopic (exact) mass is 279 g/mol. The van der Waals surface area contributed by atoms with Crippen molar-refractivity contribution in [3.63, 3.8) is 0 Å². The Morgan fingerprint density at radius 2 is 1.76 bits per heavy atom. The quantitative estimate of drug-likeness (QED) is 0.558. The van der Waals surface area contributed by atoms with Gasteiger partial charge in [0, 0.05) is 5.56 Å². The minimum absolute atomic E-state index is 0.0491. The Morgan fingerprint density at radius 1 is 1.10 bits per heavy atom. The number of hydrogen-bond donors (Lipinski definition) is 2. The fourth-order valence-electron chi connectivity index (χ4n) is 2.22. The minimum Gasteiger partial charge on any atom is -0.506 e. The van der Waals surface area contributed by atoms with Crippen LogP contribution >= 0.6 is 0 Å². The van der Waals surface area contributed by atoms with Crippen LogP contribution in [0.25, 0.3) is 11.0 Å². The van der Waals surface area contributed by atoms with Crippen LogP contribution in [-0.2, 0) is 0 Å². The number of rotatable bonds is 2. The average Bonchev–Trinajstić information content (AvgIpc) is 2.48.